The number of carbonyl (C=O) groups excluding carboxylic acids is 2. The Bertz CT molecular complexity index is 937. The van der Waals surface area contributed by atoms with Crippen LogP contribution in [-0.2, 0) is 24.3 Å². The van der Waals surface area contributed by atoms with Crippen LogP contribution in [0.1, 0.15) is 37.8 Å². The summed E-state index contributed by atoms with van der Waals surface area (Å²) in [6.07, 6.45) is 0.0161. The molecular weight excluding hydrogens is 420 g/mol. The van der Waals surface area contributed by atoms with Crippen LogP contribution in [0.2, 0.25) is 0 Å². The number of ether oxygens (including phenoxy) is 1. The number of esters is 1. The van der Waals surface area contributed by atoms with Crippen molar-refractivity contribution in [3.63, 3.8) is 0 Å². The van der Waals surface area contributed by atoms with Gasteiger partial charge >= 0.3 is 5.97 Å². The molecular formula is C22H32N2O6S. The molecule has 1 N–H and O–H groups in total. The molecule has 0 aromatic heterocycles. The van der Waals surface area contributed by atoms with Crippen molar-refractivity contribution in [1.82, 2.24) is 9.21 Å². The van der Waals surface area contributed by atoms with Crippen molar-refractivity contribution in [2.24, 2.45) is 11.8 Å². The minimum absolute atomic E-state index is 0.0606. The van der Waals surface area contributed by atoms with Crippen molar-refractivity contribution >= 4 is 21.9 Å². The Morgan fingerprint density at radius 2 is 1.71 bits per heavy atom. The number of rotatable bonds is 5. The van der Waals surface area contributed by atoms with Gasteiger partial charge in [-0.05, 0) is 55.4 Å². The Balaban J connectivity index is 1.69. The molecule has 172 valence electrons. The fraction of sp³-hybridized carbons (Fsp3) is 0.636. The van der Waals surface area contributed by atoms with E-state index in [0.717, 1.165) is 21.9 Å². The largest absolute Gasteiger partial charge is 0.454 e. The molecule has 1 amide bonds. The molecule has 1 aromatic rings. The number of piperidine rings is 1. The second kappa shape index (κ2) is 9.26. The Labute approximate surface area is 184 Å². The lowest BCUT2D eigenvalue weighted by molar-refractivity contribution is -0.155. The second-order valence-corrected chi connectivity index (χ2v) is 11.0. The van der Waals surface area contributed by atoms with Gasteiger partial charge in [0, 0.05) is 26.1 Å². The molecule has 2 heterocycles. The van der Waals surface area contributed by atoms with Crippen LogP contribution in [0.4, 0.5) is 0 Å². The van der Waals surface area contributed by atoms with Crippen molar-refractivity contribution in [2.75, 3.05) is 26.2 Å². The van der Waals surface area contributed by atoms with E-state index in [4.69, 9.17) is 4.74 Å². The molecule has 0 aliphatic carbocycles. The third-order valence-electron chi connectivity index (χ3n) is 6.15. The van der Waals surface area contributed by atoms with Gasteiger partial charge in [-0.3, -0.25) is 9.59 Å². The van der Waals surface area contributed by atoms with E-state index in [1.807, 2.05) is 13.8 Å². The first-order chi connectivity index (χ1) is 14.5. The van der Waals surface area contributed by atoms with Crippen LogP contribution >= 0.6 is 0 Å². The number of benzene rings is 1. The summed E-state index contributed by atoms with van der Waals surface area (Å²) in [5, 5.41) is 10.1. The van der Waals surface area contributed by atoms with Gasteiger partial charge in [0.15, 0.2) is 6.61 Å². The average molecular weight is 453 g/mol. The van der Waals surface area contributed by atoms with E-state index in [9.17, 15) is 23.1 Å². The van der Waals surface area contributed by atoms with E-state index in [1.54, 1.807) is 17.0 Å². The molecule has 31 heavy (non-hydrogen) atoms. The summed E-state index contributed by atoms with van der Waals surface area (Å²) >= 11 is 0. The highest BCUT2D eigenvalue weighted by Crippen LogP contribution is 2.28. The molecule has 8 nitrogen and oxygen atoms in total. The average Bonchev–Trinajstić information content (AvgIpc) is 3.09. The second-order valence-electron chi connectivity index (χ2n) is 9.08. The molecule has 0 saturated carbocycles. The Hall–Kier alpha value is -1.97. The number of amides is 1. The lowest BCUT2D eigenvalue weighted by atomic mass is 9.92. The van der Waals surface area contributed by atoms with Crippen LogP contribution in [0.15, 0.2) is 23.1 Å². The van der Waals surface area contributed by atoms with Gasteiger partial charge < -0.3 is 14.7 Å². The Morgan fingerprint density at radius 3 is 2.32 bits per heavy atom. The molecule has 1 aromatic carbocycles. The van der Waals surface area contributed by atoms with E-state index in [1.165, 1.54) is 6.07 Å². The normalized spacial score (nSPS) is 27.3. The number of nitrogens with zero attached hydrogens (tertiary/aromatic N) is 2. The van der Waals surface area contributed by atoms with Crippen LogP contribution < -0.4 is 0 Å². The number of likely N-dealkylation sites (tertiary alicyclic amines) is 1. The molecule has 3 rings (SSSR count). The summed E-state index contributed by atoms with van der Waals surface area (Å²) in [5.74, 6) is -0.330. The Morgan fingerprint density at radius 1 is 1.06 bits per heavy atom. The quantitative estimate of drug-likeness (QED) is 0.679. The van der Waals surface area contributed by atoms with Gasteiger partial charge in [0.05, 0.1) is 11.0 Å². The van der Waals surface area contributed by atoms with Crippen LogP contribution in [0.25, 0.3) is 0 Å². The van der Waals surface area contributed by atoms with Gasteiger partial charge in [-0.15, -0.1) is 0 Å². The molecule has 0 bridgehead atoms. The Kier molecular flexibility index (Phi) is 7.08. The zero-order valence-corrected chi connectivity index (χ0v) is 19.4. The van der Waals surface area contributed by atoms with E-state index in [0.29, 0.717) is 24.9 Å². The van der Waals surface area contributed by atoms with Gasteiger partial charge in [0.25, 0.3) is 5.91 Å². The lowest BCUT2D eigenvalue weighted by Gasteiger charge is -2.35. The first-order valence-corrected chi connectivity index (χ1v) is 12.1. The van der Waals surface area contributed by atoms with Crippen molar-refractivity contribution in [2.45, 2.75) is 57.6 Å². The SMILES string of the molecule is Cc1ccc(S(=O)(=O)N2CC(O)CC2C(=O)OCC(=O)N2CC(C)CC(C)C2)cc1C. The molecule has 2 fully saturated rings. The minimum atomic E-state index is -4.00. The highest BCUT2D eigenvalue weighted by atomic mass is 32.2. The zero-order valence-electron chi connectivity index (χ0n) is 18.6. The maximum Gasteiger partial charge on any atom is 0.325 e. The van der Waals surface area contributed by atoms with Crippen molar-refractivity contribution < 1.29 is 27.9 Å². The van der Waals surface area contributed by atoms with Crippen LogP contribution in [0.3, 0.4) is 0 Å². The van der Waals surface area contributed by atoms with Gasteiger partial charge in [-0.2, -0.15) is 4.31 Å². The van der Waals surface area contributed by atoms with Gasteiger partial charge in [0.1, 0.15) is 6.04 Å². The summed E-state index contributed by atoms with van der Waals surface area (Å²) in [7, 11) is -4.00. The number of hydrogen-bond acceptors (Lipinski definition) is 6. The lowest BCUT2D eigenvalue weighted by Crippen LogP contribution is -2.46. The number of sulfonamides is 1. The summed E-state index contributed by atoms with van der Waals surface area (Å²) < 4.78 is 32.5. The number of carbonyl (C=O) groups is 2. The summed E-state index contributed by atoms with van der Waals surface area (Å²) in [6, 6.07) is 3.60. The maximum absolute atomic E-state index is 13.1. The topological polar surface area (TPSA) is 104 Å². The van der Waals surface area contributed by atoms with Gasteiger partial charge in [-0.25, -0.2) is 8.42 Å². The number of β-amino-alcohol motifs (C(OH)–C–C–N with tert-alkyl or cyclic N) is 1. The van der Waals surface area contributed by atoms with Crippen molar-refractivity contribution in [3.8, 4) is 0 Å². The molecule has 0 radical (unpaired) electrons. The monoisotopic (exact) mass is 452 g/mol. The maximum atomic E-state index is 13.1. The van der Waals surface area contributed by atoms with Crippen LogP contribution in [-0.4, -0.2) is 73.0 Å². The third kappa shape index (κ3) is 5.27. The predicted octanol–water partition coefficient (Wildman–Crippen LogP) is 1.48. The van der Waals surface area contributed by atoms with Crippen LogP contribution in [0.5, 0.6) is 0 Å². The highest BCUT2D eigenvalue weighted by molar-refractivity contribution is 7.89. The smallest absolute Gasteiger partial charge is 0.325 e. The standard InChI is InChI=1S/C22H32N2O6S/c1-14-7-15(2)11-23(10-14)21(26)13-30-22(27)20-9-18(25)12-24(20)31(28,29)19-6-5-16(3)17(4)8-19/h5-6,8,14-15,18,20,25H,7,9-13H2,1-4H3. The molecule has 4 unspecified atom stereocenters. The molecule has 0 spiro atoms. The molecule has 4 atom stereocenters. The summed E-state index contributed by atoms with van der Waals surface area (Å²) in [4.78, 5) is 27.0. The first kappa shape index (κ1) is 23.7. The van der Waals surface area contributed by atoms with Crippen molar-refractivity contribution in [1.29, 1.82) is 0 Å². The van der Waals surface area contributed by atoms with E-state index in [2.05, 4.69) is 13.8 Å². The summed E-state index contributed by atoms with van der Waals surface area (Å²) in [5.41, 5.74) is 1.77. The third-order valence-corrected chi connectivity index (χ3v) is 8.02. The van der Waals surface area contributed by atoms with Gasteiger partial charge in [0.2, 0.25) is 10.0 Å². The number of aliphatic hydroxyl groups excluding tert-OH is 1. The molecule has 2 aliphatic heterocycles. The van der Waals surface area contributed by atoms with Gasteiger partial charge in [-0.1, -0.05) is 19.9 Å². The van der Waals surface area contributed by atoms with Crippen molar-refractivity contribution in [3.05, 3.63) is 29.3 Å². The summed E-state index contributed by atoms with van der Waals surface area (Å²) in [6.45, 7) is 8.48. The van der Waals surface area contributed by atoms with E-state index in [-0.39, 0.29) is 23.8 Å². The number of aliphatic hydroxyl groups is 1. The predicted molar refractivity (Wildman–Crippen MR) is 115 cm³/mol. The number of aryl methyl sites for hydroxylation is 2. The zero-order chi connectivity index (χ0) is 22.9. The first-order valence-electron chi connectivity index (χ1n) is 10.7. The van der Waals surface area contributed by atoms with E-state index < -0.39 is 34.7 Å². The fourth-order valence-electron chi connectivity index (χ4n) is 4.46. The molecule has 2 saturated heterocycles. The highest BCUT2D eigenvalue weighted by Gasteiger charge is 2.44. The van der Waals surface area contributed by atoms with Crippen LogP contribution in [0, 0.1) is 25.7 Å². The minimum Gasteiger partial charge on any atom is -0.454 e. The van der Waals surface area contributed by atoms with E-state index >= 15 is 0 Å². The number of hydrogen-bond donors (Lipinski definition) is 1. The molecule has 2 aliphatic rings. The molecule has 9 heteroatoms. The fourth-order valence-corrected chi connectivity index (χ4v) is 6.17.